The number of halogens is 3. The molecule has 0 amide bonds. The number of hydrogen-bond acceptors (Lipinski definition) is 1. The molecule has 0 bridgehead atoms. The van der Waals surface area contributed by atoms with Crippen LogP contribution in [0.3, 0.4) is 0 Å². The molecule has 2 rings (SSSR count). The van der Waals surface area contributed by atoms with Gasteiger partial charge in [0.2, 0.25) is 0 Å². The van der Waals surface area contributed by atoms with E-state index in [9.17, 15) is 8.78 Å². The third-order valence-corrected chi connectivity index (χ3v) is 2.69. The first-order valence-corrected chi connectivity index (χ1v) is 4.86. The van der Waals surface area contributed by atoms with Gasteiger partial charge in [0.1, 0.15) is 5.70 Å². The van der Waals surface area contributed by atoms with Crippen LogP contribution in [0.5, 0.6) is 0 Å². The van der Waals surface area contributed by atoms with Gasteiger partial charge in [-0.25, -0.2) is 18.7 Å². The molecule has 0 aromatic carbocycles. The lowest BCUT2D eigenvalue weighted by Gasteiger charge is -2.26. The number of nitrogens with zero attached hydrogens (tertiary/aromatic N) is 1. The van der Waals surface area contributed by atoms with Gasteiger partial charge in [0.25, 0.3) is 0 Å². The minimum atomic E-state index is -1.64. The van der Waals surface area contributed by atoms with E-state index in [4.69, 9.17) is 0 Å². The number of aliphatic imine (C=N–C) groups is 1. The predicted octanol–water partition coefficient (Wildman–Crippen LogP) is -1.35. The lowest BCUT2D eigenvalue weighted by molar-refractivity contribution is -0.715. The van der Waals surface area contributed by atoms with Crippen molar-refractivity contribution in [2.45, 2.75) is 25.9 Å². The van der Waals surface area contributed by atoms with E-state index in [1.54, 1.807) is 13.1 Å². The Morgan fingerprint density at radius 1 is 1.50 bits per heavy atom. The molecule has 0 radical (unpaired) electrons. The summed E-state index contributed by atoms with van der Waals surface area (Å²) in [6.07, 6.45) is 6.18. The summed E-state index contributed by atoms with van der Waals surface area (Å²) in [4.78, 5) is 4.48. The number of hydrogen-bond donors (Lipinski definition) is 1. The Morgan fingerprint density at radius 3 is 2.69 bits per heavy atom. The largest absolute Gasteiger partial charge is 1.00 e. The van der Waals surface area contributed by atoms with E-state index in [0.29, 0.717) is 4.90 Å². The zero-order valence-corrected chi connectivity index (χ0v) is 10.7. The molecule has 88 valence electrons. The van der Waals surface area contributed by atoms with E-state index >= 15 is 0 Å². The molecule has 1 aliphatic carbocycles. The molecule has 1 N–H and O–H groups in total. The van der Waals surface area contributed by atoms with Gasteiger partial charge in [-0.05, 0) is 13.0 Å². The van der Waals surface area contributed by atoms with Crippen LogP contribution in [0.2, 0.25) is 0 Å². The topological polar surface area (TPSA) is 16.8 Å². The second kappa shape index (κ2) is 4.59. The first kappa shape index (κ1) is 13.3. The van der Waals surface area contributed by atoms with Crippen molar-refractivity contribution in [3.8, 4) is 0 Å². The molecule has 2 aliphatic rings. The van der Waals surface area contributed by atoms with Gasteiger partial charge in [0, 0.05) is 13.3 Å². The second-order valence-electron chi connectivity index (χ2n) is 4.03. The van der Waals surface area contributed by atoms with E-state index in [1.165, 1.54) is 25.4 Å². The molecular formula is C11H13BrF2N2. The summed E-state index contributed by atoms with van der Waals surface area (Å²) < 4.78 is 27.8. The van der Waals surface area contributed by atoms with Crippen LogP contribution in [0.4, 0.5) is 8.78 Å². The normalized spacial score (nSPS) is 32.8. The lowest BCUT2D eigenvalue weighted by atomic mass is 9.94. The second-order valence-corrected chi connectivity index (χ2v) is 4.03. The van der Waals surface area contributed by atoms with Gasteiger partial charge in [-0.1, -0.05) is 6.08 Å². The Labute approximate surface area is 104 Å². The molecule has 0 fully saturated rings. The average molecular weight is 291 g/mol. The summed E-state index contributed by atoms with van der Waals surface area (Å²) in [5.74, 6) is -0.498. The number of nitrogens with one attached hydrogen (secondary N) is 1. The Hall–Kier alpha value is -0.810. The molecule has 2 nitrogen and oxygen atoms in total. The Bertz CT molecular complexity index is 408. The number of quaternary nitrogens is 1. The third kappa shape index (κ3) is 2.15. The first-order valence-electron chi connectivity index (χ1n) is 4.86. The first-order chi connectivity index (χ1) is 7.02. The number of rotatable bonds is 1. The van der Waals surface area contributed by atoms with Crippen LogP contribution in [-0.2, 0) is 0 Å². The highest BCUT2D eigenvalue weighted by molar-refractivity contribution is 5.52. The van der Waals surface area contributed by atoms with Crippen LogP contribution in [0.25, 0.3) is 0 Å². The van der Waals surface area contributed by atoms with Gasteiger partial charge >= 0.3 is 0 Å². The molecule has 16 heavy (non-hydrogen) atoms. The van der Waals surface area contributed by atoms with Crippen molar-refractivity contribution in [1.82, 2.24) is 0 Å². The fourth-order valence-electron chi connectivity index (χ4n) is 1.88. The molecule has 1 aliphatic heterocycles. The van der Waals surface area contributed by atoms with Gasteiger partial charge in [0.15, 0.2) is 23.5 Å². The van der Waals surface area contributed by atoms with Crippen LogP contribution in [0, 0.1) is 0 Å². The summed E-state index contributed by atoms with van der Waals surface area (Å²) in [6.45, 7) is 3.20. The fraction of sp³-hybridized carbons (Fsp3) is 0.364. The van der Waals surface area contributed by atoms with Crippen molar-refractivity contribution in [1.29, 1.82) is 0 Å². The molecule has 0 aromatic rings. The van der Waals surface area contributed by atoms with E-state index < -0.39 is 11.5 Å². The molecule has 0 spiro atoms. The van der Waals surface area contributed by atoms with Gasteiger partial charge in [0.05, 0.1) is 6.20 Å². The maximum absolute atomic E-state index is 14.2. The SMILES string of the molecule is CC1=CN=C[NH+]1C1=C(F)C=CCC1(C)F.[Br-]. The third-order valence-electron chi connectivity index (χ3n) is 2.69. The molecule has 0 saturated heterocycles. The molecule has 0 aromatic heterocycles. The van der Waals surface area contributed by atoms with Crippen LogP contribution < -0.4 is 21.9 Å². The maximum atomic E-state index is 14.2. The molecular weight excluding hydrogens is 278 g/mol. The van der Waals surface area contributed by atoms with Crippen molar-refractivity contribution >= 4 is 6.34 Å². The van der Waals surface area contributed by atoms with Gasteiger partial charge in [-0.3, -0.25) is 0 Å². The molecule has 5 heteroatoms. The minimum absolute atomic E-state index is 0. The summed E-state index contributed by atoms with van der Waals surface area (Å²) in [5.41, 5.74) is -0.709. The Morgan fingerprint density at radius 2 is 2.19 bits per heavy atom. The lowest BCUT2D eigenvalue weighted by Crippen LogP contribution is -3.08. The number of allylic oxidation sites excluding steroid dienone is 5. The fourth-order valence-corrected chi connectivity index (χ4v) is 1.88. The van der Waals surface area contributed by atoms with Gasteiger partial charge < -0.3 is 17.0 Å². The number of alkyl halides is 1. The van der Waals surface area contributed by atoms with Crippen molar-refractivity contribution in [2.75, 3.05) is 0 Å². The van der Waals surface area contributed by atoms with Crippen molar-refractivity contribution in [3.63, 3.8) is 0 Å². The summed E-state index contributed by atoms with van der Waals surface area (Å²) >= 11 is 0. The molecule has 0 saturated carbocycles. The summed E-state index contributed by atoms with van der Waals surface area (Å²) in [5, 5.41) is 0. The maximum Gasteiger partial charge on any atom is 0.198 e. The van der Waals surface area contributed by atoms with Crippen molar-refractivity contribution < 1.29 is 30.7 Å². The van der Waals surface area contributed by atoms with Crippen LogP contribution in [-0.4, -0.2) is 12.0 Å². The van der Waals surface area contributed by atoms with Gasteiger partial charge in [-0.15, -0.1) is 0 Å². The zero-order chi connectivity index (χ0) is 11.1. The average Bonchev–Trinajstić information content (AvgIpc) is 2.50. The van der Waals surface area contributed by atoms with Crippen molar-refractivity contribution in [3.05, 3.63) is 35.6 Å². The van der Waals surface area contributed by atoms with E-state index in [-0.39, 0.29) is 29.1 Å². The van der Waals surface area contributed by atoms with Crippen LogP contribution in [0.15, 0.2) is 40.6 Å². The van der Waals surface area contributed by atoms with E-state index in [1.807, 2.05) is 0 Å². The summed E-state index contributed by atoms with van der Waals surface area (Å²) in [6, 6.07) is 0. The summed E-state index contributed by atoms with van der Waals surface area (Å²) in [7, 11) is 0. The minimum Gasteiger partial charge on any atom is -1.00 e. The predicted molar refractivity (Wildman–Crippen MR) is 54.6 cm³/mol. The van der Waals surface area contributed by atoms with Crippen LogP contribution in [0.1, 0.15) is 20.3 Å². The zero-order valence-electron chi connectivity index (χ0n) is 9.10. The standard InChI is InChI=1S/C11H12F2N2.BrH/c1-8-6-14-7-15(8)10-9(12)4-3-5-11(10,2)13;/h3-4,6-7H,5H2,1-2H3;1H. The smallest absolute Gasteiger partial charge is 0.198 e. The highest BCUT2D eigenvalue weighted by Gasteiger charge is 2.42. The highest BCUT2D eigenvalue weighted by Crippen LogP contribution is 2.30. The van der Waals surface area contributed by atoms with Crippen LogP contribution >= 0.6 is 0 Å². The van der Waals surface area contributed by atoms with E-state index in [2.05, 4.69) is 4.99 Å². The Balaban J connectivity index is 0.00000128. The Kier molecular flexibility index (Phi) is 3.80. The molecule has 1 heterocycles. The van der Waals surface area contributed by atoms with Crippen molar-refractivity contribution in [2.24, 2.45) is 4.99 Å². The molecule has 2 atom stereocenters. The van der Waals surface area contributed by atoms with Gasteiger partial charge in [-0.2, -0.15) is 0 Å². The quantitative estimate of drug-likeness (QED) is 0.615. The monoisotopic (exact) mass is 290 g/mol. The van der Waals surface area contributed by atoms with E-state index in [0.717, 1.165) is 5.70 Å². The molecule has 2 unspecified atom stereocenters. The highest BCUT2D eigenvalue weighted by atomic mass is 79.9.